The molecule has 1 amide bonds. The van der Waals surface area contributed by atoms with E-state index in [1.54, 1.807) is 11.3 Å². The van der Waals surface area contributed by atoms with Gasteiger partial charge in [-0.25, -0.2) is 4.98 Å². The van der Waals surface area contributed by atoms with Crippen LogP contribution in [0.3, 0.4) is 0 Å². The van der Waals surface area contributed by atoms with Crippen molar-refractivity contribution < 1.29 is 9.53 Å². The van der Waals surface area contributed by atoms with Crippen molar-refractivity contribution in [1.29, 1.82) is 0 Å². The Morgan fingerprint density at radius 3 is 2.73 bits per heavy atom. The zero-order valence-electron chi connectivity index (χ0n) is 14.7. The van der Waals surface area contributed by atoms with Gasteiger partial charge in [0.15, 0.2) is 4.34 Å². The molecule has 0 radical (unpaired) electrons. The van der Waals surface area contributed by atoms with E-state index in [1.165, 1.54) is 17.3 Å². The minimum Gasteiger partial charge on any atom is -0.492 e. The molecule has 134 valence electrons. The zero-order valence-corrected chi connectivity index (χ0v) is 16.3. The van der Waals surface area contributed by atoms with Crippen LogP contribution < -0.4 is 10.1 Å². The maximum absolute atomic E-state index is 12.2. The van der Waals surface area contributed by atoms with Crippen molar-refractivity contribution in [2.24, 2.45) is 0 Å². The number of carbonyl (C=O) groups is 1. The number of benzene rings is 2. The molecule has 6 heteroatoms. The van der Waals surface area contributed by atoms with Gasteiger partial charge in [-0.1, -0.05) is 53.7 Å². The van der Waals surface area contributed by atoms with Crippen LogP contribution in [0.15, 0.2) is 58.3 Å². The zero-order chi connectivity index (χ0) is 18.4. The highest BCUT2D eigenvalue weighted by Crippen LogP contribution is 2.29. The number of para-hydroxylation sites is 2. The molecule has 1 aromatic heterocycles. The standard InChI is InChI=1S/C20H20N2O2S2/c1-3-24-18-7-5-4-6-16(18)21-19(23)13-26-20-22-17(12-25-20)15-10-8-14(2)9-11-15/h4-12H,3,13H2,1-2H3,(H,21,23). The second-order valence-corrected chi connectivity index (χ2v) is 7.71. The molecular weight excluding hydrogens is 364 g/mol. The van der Waals surface area contributed by atoms with E-state index in [2.05, 4.69) is 41.5 Å². The molecule has 3 aromatic rings. The Bertz CT molecular complexity index is 876. The third-order valence-corrected chi connectivity index (χ3v) is 5.64. The summed E-state index contributed by atoms with van der Waals surface area (Å²) >= 11 is 3.00. The normalized spacial score (nSPS) is 10.5. The number of nitrogens with one attached hydrogen (secondary N) is 1. The SMILES string of the molecule is CCOc1ccccc1NC(=O)CSc1nc(-c2ccc(C)cc2)cs1. The third kappa shape index (κ3) is 4.86. The summed E-state index contributed by atoms with van der Waals surface area (Å²) in [5, 5.41) is 4.93. The van der Waals surface area contributed by atoms with Crippen molar-refractivity contribution in [3.05, 3.63) is 59.5 Å². The van der Waals surface area contributed by atoms with E-state index in [9.17, 15) is 4.79 Å². The van der Waals surface area contributed by atoms with Crippen molar-refractivity contribution in [3.63, 3.8) is 0 Å². The smallest absolute Gasteiger partial charge is 0.234 e. The second-order valence-electron chi connectivity index (χ2n) is 5.63. The number of carbonyl (C=O) groups excluding carboxylic acids is 1. The average Bonchev–Trinajstić information content (AvgIpc) is 3.11. The highest BCUT2D eigenvalue weighted by atomic mass is 32.2. The molecule has 1 N–H and O–H groups in total. The lowest BCUT2D eigenvalue weighted by Crippen LogP contribution is -2.14. The fraction of sp³-hybridized carbons (Fsp3) is 0.200. The molecule has 4 nitrogen and oxygen atoms in total. The Labute approximate surface area is 161 Å². The summed E-state index contributed by atoms with van der Waals surface area (Å²) < 4.78 is 6.41. The van der Waals surface area contributed by atoms with Crippen molar-refractivity contribution in [2.45, 2.75) is 18.2 Å². The Morgan fingerprint density at radius 2 is 1.96 bits per heavy atom. The van der Waals surface area contributed by atoms with Crippen LogP contribution in [0, 0.1) is 6.92 Å². The molecule has 0 spiro atoms. The van der Waals surface area contributed by atoms with E-state index in [0.717, 1.165) is 15.6 Å². The number of rotatable bonds is 7. The lowest BCUT2D eigenvalue weighted by Gasteiger charge is -2.10. The molecule has 0 fully saturated rings. The van der Waals surface area contributed by atoms with Crippen LogP contribution in [0.25, 0.3) is 11.3 Å². The summed E-state index contributed by atoms with van der Waals surface area (Å²) in [4.78, 5) is 16.9. The summed E-state index contributed by atoms with van der Waals surface area (Å²) in [5.74, 6) is 0.917. The molecule has 0 saturated carbocycles. The predicted octanol–water partition coefficient (Wildman–Crippen LogP) is 5.25. The monoisotopic (exact) mass is 384 g/mol. The second kappa shape index (κ2) is 8.87. The van der Waals surface area contributed by atoms with Crippen molar-refractivity contribution >= 4 is 34.7 Å². The average molecular weight is 385 g/mol. The highest BCUT2D eigenvalue weighted by Gasteiger charge is 2.10. The number of thiazole rings is 1. The van der Waals surface area contributed by atoms with Gasteiger partial charge < -0.3 is 10.1 Å². The molecule has 0 unspecified atom stereocenters. The molecular formula is C20H20N2O2S2. The number of aryl methyl sites for hydroxylation is 1. The minimum absolute atomic E-state index is 0.0748. The van der Waals surface area contributed by atoms with Crippen LogP contribution in [0.4, 0.5) is 5.69 Å². The van der Waals surface area contributed by atoms with E-state index in [0.29, 0.717) is 23.8 Å². The third-order valence-electron chi connectivity index (χ3n) is 3.62. The van der Waals surface area contributed by atoms with E-state index in [4.69, 9.17) is 4.74 Å². The summed E-state index contributed by atoms with van der Waals surface area (Å²) in [6.45, 7) is 4.54. The molecule has 1 heterocycles. The van der Waals surface area contributed by atoms with Crippen LogP contribution in [0.2, 0.25) is 0 Å². The number of aromatic nitrogens is 1. The van der Waals surface area contributed by atoms with Gasteiger partial charge in [0.1, 0.15) is 5.75 Å². The molecule has 0 bridgehead atoms. The quantitative estimate of drug-likeness (QED) is 0.565. The Balaban J connectivity index is 1.58. The number of hydrogen-bond acceptors (Lipinski definition) is 5. The predicted molar refractivity (Wildman–Crippen MR) is 109 cm³/mol. The fourth-order valence-electron chi connectivity index (χ4n) is 2.35. The van der Waals surface area contributed by atoms with Crippen LogP contribution in [-0.4, -0.2) is 23.3 Å². The fourth-order valence-corrected chi connectivity index (χ4v) is 3.98. The molecule has 3 rings (SSSR count). The van der Waals surface area contributed by atoms with Gasteiger partial charge in [0, 0.05) is 10.9 Å². The number of nitrogens with zero attached hydrogens (tertiary/aromatic N) is 1. The Kier molecular flexibility index (Phi) is 6.30. The Morgan fingerprint density at radius 1 is 1.19 bits per heavy atom. The molecule has 26 heavy (non-hydrogen) atoms. The van der Waals surface area contributed by atoms with Crippen molar-refractivity contribution in [3.8, 4) is 17.0 Å². The summed E-state index contributed by atoms with van der Waals surface area (Å²) in [5.41, 5.74) is 3.95. The van der Waals surface area contributed by atoms with Crippen molar-refractivity contribution in [1.82, 2.24) is 4.98 Å². The van der Waals surface area contributed by atoms with Gasteiger partial charge in [0.25, 0.3) is 0 Å². The maximum atomic E-state index is 12.2. The van der Waals surface area contributed by atoms with E-state index < -0.39 is 0 Å². The number of ether oxygens (including phenoxy) is 1. The van der Waals surface area contributed by atoms with Gasteiger partial charge in [-0.2, -0.15) is 0 Å². The van der Waals surface area contributed by atoms with E-state index >= 15 is 0 Å². The Hall–Kier alpha value is -2.31. The van der Waals surface area contributed by atoms with Crippen LogP contribution >= 0.6 is 23.1 Å². The lowest BCUT2D eigenvalue weighted by molar-refractivity contribution is -0.113. The van der Waals surface area contributed by atoms with Crippen LogP contribution in [0.1, 0.15) is 12.5 Å². The largest absolute Gasteiger partial charge is 0.492 e. The van der Waals surface area contributed by atoms with Crippen LogP contribution in [-0.2, 0) is 4.79 Å². The topological polar surface area (TPSA) is 51.2 Å². The lowest BCUT2D eigenvalue weighted by atomic mass is 10.1. The first-order chi connectivity index (χ1) is 12.7. The van der Waals surface area contributed by atoms with Crippen molar-refractivity contribution in [2.75, 3.05) is 17.7 Å². The van der Waals surface area contributed by atoms with Gasteiger partial charge in [0.05, 0.1) is 23.7 Å². The first-order valence-electron chi connectivity index (χ1n) is 8.32. The summed E-state index contributed by atoms with van der Waals surface area (Å²) in [6.07, 6.45) is 0. The molecule has 0 saturated heterocycles. The van der Waals surface area contributed by atoms with Crippen LogP contribution in [0.5, 0.6) is 5.75 Å². The summed E-state index contributed by atoms with van der Waals surface area (Å²) in [7, 11) is 0. The first kappa shape index (κ1) is 18.5. The van der Waals surface area contributed by atoms with Gasteiger partial charge >= 0.3 is 0 Å². The first-order valence-corrected chi connectivity index (χ1v) is 10.2. The number of hydrogen-bond donors (Lipinski definition) is 1. The minimum atomic E-state index is -0.0748. The van der Waals surface area contributed by atoms with E-state index in [1.807, 2.05) is 36.6 Å². The molecule has 0 atom stereocenters. The van der Waals surface area contributed by atoms with Gasteiger partial charge in [-0.3, -0.25) is 4.79 Å². The molecule has 0 aliphatic carbocycles. The molecule has 0 aliphatic heterocycles. The maximum Gasteiger partial charge on any atom is 0.234 e. The molecule has 0 aliphatic rings. The van der Waals surface area contributed by atoms with Gasteiger partial charge in [-0.15, -0.1) is 11.3 Å². The van der Waals surface area contributed by atoms with Gasteiger partial charge in [0.2, 0.25) is 5.91 Å². The van der Waals surface area contributed by atoms with Gasteiger partial charge in [-0.05, 0) is 26.0 Å². The number of anilines is 1. The number of thioether (sulfide) groups is 1. The number of amides is 1. The van der Waals surface area contributed by atoms with E-state index in [-0.39, 0.29) is 5.91 Å². The summed E-state index contributed by atoms with van der Waals surface area (Å²) in [6, 6.07) is 15.7. The highest BCUT2D eigenvalue weighted by molar-refractivity contribution is 8.01. The molecule has 2 aromatic carbocycles.